The van der Waals surface area contributed by atoms with Gasteiger partial charge in [0.15, 0.2) is 0 Å². The number of rotatable bonds is 1. The Labute approximate surface area is 87.0 Å². The summed E-state index contributed by atoms with van der Waals surface area (Å²) in [6.07, 6.45) is 1.18. The molecule has 0 radical (unpaired) electrons. The van der Waals surface area contributed by atoms with Crippen molar-refractivity contribution in [1.82, 2.24) is 0 Å². The molecule has 0 fully saturated rings. The Balaban J connectivity index is 2.54. The number of amides is 1. The summed E-state index contributed by atoms with van der Waals surface area (Å²) in [4.78, 5) is 11.2. The van der Waals surface area contributed by atoms with Crippen molar-refractivity contribution in [3.05, 3.63) is 22.7 Å². The first-order valence-electron chi connectivity index (χ1n) is 4.37. The molecule has 0 saturated carbocycles. The van der Waals surface area contributed by atoms with Crippen LogP contribution in [0.1, 0.15) is 12.0 Å². The molecule has 1 aromatic rings. The van der Waals surface area contributed by atoms with E-state index in [1.54, 1.807) is 13.2 Å². The minimum Gasteiger partial charge on any atom is -0.496 e. The van der Waals surface area contributed by atoms with Crippen LogP contribution in [0.5, 0.6) is 5.75 Å². The smallest absolute Gasteiger partial charge is 0.224 e. The lowest BCUT2D eigenvalue weighted by atomic mass is 10.0. The highest BCUT2D eigenvalue weighted by Crippen LogP contribution is 2.36. The largest absolute Gasteiger partial charge is 0.496 e. The molecule has 1 aromatic carbocycles. The second-order valence-electron chi connectivity index (χ2n) is 3.15. The predicted octanol–water partition coefficient (Wildman–Crippen LogP) is 2.23. The van der Waals surface area contributed by atoms with Gasteiger partial charge in [-0.25, -0.2) is 0 Å². The lowest BCUT2D eigenvalue weighted by molar-refractivity contribution is -0.116. The summed E-state index contributed by atoms with van der Waals surface area (Å²) in [5.41, 5.74) is 1.68. The molecule has 1 aliphatic rings. The number of anilines is 1. The Morgan fingerprint density at radius 3 is 2.93 bits per heavy atom. The first-order chi connectivity index (χ1) is 6.72. The number of hydrogen-bond acceptors (Lipinski definition) is 2. The van der Waals surface area contributed by atoms with Crippen LogP contribution in [0.25, 0.3) is 0 Å². The van der Waals surface area contributed by atoms with Gasteiger partial charge >= 0.3 is 0 Å². The van der Waals surface area contributed by atoms with Crippen molar-refractivity contribution in [2.24, 2.45) is 0 Å². The van der Waals surface area contributed by atoms with Crippen molar-refractivity contribution >= 4 is 23.2 Å². The zero-order valence-corrected chi connectivity index (χ0v) is 8.52. The van der Waals surface area contributed by atoms with Gasteiger partial charge in [0.2, 0.25) is 5.91 Å². The zero-order chi connectivity index (χ0) is 10.1. The molecule has 0 spiro atoms. The Kier molecular flexibility index (Phi) is 2.33. The first kappa shape index (κ1) is 9.34. The number of halogens is 1. The number of methoxy groups -OCH3 is 1. The van der Waals surface area contributed by atoms with Crippen LogP contribution in [0.2, 0.25) is 5.02 Å². The number of nitrogens with one attached hydrogen (secondary N) is 1. The van der Waals surface area contributed by atoms with Crippen LogP contribution in [0.15, 0.2) is 12.1 Å². The fraction of sp³-hybridized carbons (Fsp3) is 0.300. The minimum absolute atomic E-state index is 0.00709. The molecule has 2 rings (SSSR count). The summed E-state index contributed by atoms with van der Waals surface area (Å²) in [6, 6.07) is 3.55. The second kappa shape index (κ2) is 3.50. The van der Waals surface area contributed by atoms with Crippen molar-refractivity contribution in [1.29, 1.82) is 0 Å². The third kappa shape index (κ3) is 1.44. The molecular formula is C10H10ClNO2. The minimum atomic E-state index is 0.00709. The maximum atomic E-state index is 11.2. The van der Waals surface area contributed by atoms with E-state index in [1.807, 2.05) is 6.07 Å². The molecule has 0 aliphatic carbocycles. The summed E-state index contributed by atoms with van der Waals surface area (Å²) < 4.78 is 5.19. The first-order valence-corrected chi connectivity index (χ1v) is 4.75. The van der Waals surface area contributed by atoms with Gasteiger partial charge in [0.05, 0.1) is 17.8 Å². The number of fused-ring (bicyclic) bond motifs is 1. The van der Waals surface area contributed by atoms with Crippen LogP contribution in [0.3, 0.4) is 0 Å². The molecule has 1 N–H and O–H groups in total. The van der Waals surface area contributed by atoms with Crippen molar-refractivity contribution in [2.75, 3.05) is 12.4 Å². The summed E-state index contributed by atoms with van der Waals surface area (Å²) in [6.45, 7) is 0. The molecule has 14 heavy (non-hydrogen) atoms. The van der Waals surface area contributed by atoms with Crippen molar-refractivity contribution in [3.8, 4) is 5.75 Å². The van der Waals surface area contributed by atoms with Gasteiger partial charge < -0.3 is 10.1 Å². The summed E-state index contributed by atoms with van der Waals surface area (Å²) >= 11 is 5.97. The topological polar surface area (TPSA) is 38.3 Å². The molecule has 1 amide bonds. The van der Waals surface area contributed by atoms with Crippen LogP contribution in [-0.4, -0.2) is 13.0 Å². The Morgan fingerprint density at radius 2 is 2.21 bits per heavy atom. The standard InChI is InChI=1S/C10H10ClNO2/c1-14-8-4-3-7(11)10-6(8)2-5-9(13)12-10/h3-4H,2,5H2,1H3,(H,12,13). The third-order valence-corrected chi connectivity index (χ3v) is 2.62. The van der Waals surface area contributed by atoms with E-state index in [1.165, 1.54) is 0 Å². The molecule has 0 aromatic heterocycles. The van der Waals surface area contributed by atoms with Crippen molar-refractivity contribution < 1.29 is 9.53 Å². The molecule has 3 nitrogen and oxygen atoms in total. The van der Waals surface area contributed by atoms with E-state index in [2.05, 4.69) is 5.32 Å². The molecule has 0 bridgehead atoms. The van der Waals surface area contributed by atoms with Gasteiger partial charge in [0.1, 0.15) is 5.75 Å². The molecule has 74 valence electrons. The molecule has 1 aliphatic heterocycles. The molecule has 0 atom stereocenters. The number of carbonyl (C=O) groups is 1. The number of carbonyl (C=O) groups excluding carboxylic acids is 1. The van der Waals surface area contributed by atoms with E-state index < -0.39 is 0 Å². The van der Waals surface area contributed by atoms with Crippen LogP contribution in [0, 0.1) is 0 Å². The van der Waals surface area contributed by atoms with Gasteiger partial charge in [-0.2, -0.15) is 0 Å². The van der Waals surface area contributed by atoms with Gasteiger partial charge in [0, 0.05) is 12.0 Å². The maximum absolute atomic E-state index is 11.2. The number of ether oxygens (including phenoxy) is 1. The monoisotopic (exact) mass is 211 g/mol. The number of hydrogen-bond donors (Lipinski definition) is 1. The average molecular weight is 212 g/mol. The molecule has 0 saturated heterocycles. The van der Waals surface area contributed by atoms with Crippen molar-refractivity contribution in [3.63, 3.8) is 0 Å². The zero-order valence-electron chi connectivity index (χ0n) is 7.76. The predicted molar refractivity (Wildman–Crippen MR) is 55.0 cm³/mol. The summed E-state index contributed by atoms with van der Waals surface area (Å²) in [5, 5.41) is 3.32. The molecular weight excluding hydrogens is 202 g/mol. The highest BCUT2D eigenvalue weighted by molar-refractivity contribution is 6.34. The van der Waals surface area contributed by atoms with Crippen molar-refractivity contribution in [2.45, 2.75) is 12.8 Å². The third-order valence-electron chi connectivity index (χ3n) is 2.31. The van der Waals surface area contributed by atoms with E-state index in [0.29, 0.717) is 23.6 Å². The average Bonchev–Trinajstić information content (AvgIpc) is 2.19. The van der Waals surface area contributed by atoms with Crippen LogP contribution in [-0.2, 0) is 11.2 Å². The summed E-state index contributed by atoms with van der Waals surface area (Å²) in [5.74, 6) is 0.789. The van der Waals surface area contributed by atoms with E-state index in [9.17, 15) is 4.79 Å². The lowest BCUT2D eigenvalue weighted by Gasteiger charge is -2.20. The van der Waals surface area contributed by atoms with E-state index >= 15 is 0 Å². The normalized spacial score (nSPS) is 14.6. The SMILES string of the molecule is COc1ccc(Cl)c2c1CCC(=O)N2. The van der Waals surface area contributed by atoms with Crippen LogP contribution in [0.4, 0.5) is 5.69 Å². The van der Waals surface area contributed by atoms with Crippen LogP contribution >= 0.6 is 11.6 Å². The fourth-order valence-electron chi connectivity index (χ4n) is 1.62. The van der Waals surface area contributed by atoms with Gasteiger partial charge in [-0.05, 0) is 18.6 Å². The van der Waals surface area contributed by atoms with Gasteiger partial charge in [-0.3, -0.25) is 4.79 Å². The maximum Gasteiger partial charge on any atom is 0.224 e. The Hall–Kier alpha value is -1.22. The number of benzene rings is 1. The van der Waals surface area contributed by atoms with Crippen LogP contribution < -0.4 is 10.1 Å². The lowest BCUT2D eigenvalue weighted by Crippen LogP contribution is -2.19. The fourth-order valence-corrected chi connectivity index (χ4v) is 1.84. The molecule has 1 heterocycles. The van der Waals surface area contributed by atoms with Gasteiger partial charge in [-0.15, -0.1) is 0 Å². The van der Waals surface area contributed by atoms with E-state index in [0.717, 1.165) is 11.3 Å². The highest BCUT2D eigenvalue weighted by Gasteiger charge is 2.20. The molecule has 4 heteroatoms. The Morgan fingerprint density at radius 1 is 1.43 bits per heavy atom. The second-order valence-corrected chi connectivity index (χ2v) is 3.56. The van der Waals surface area contributed by atoms with E-state index in [4.69, 9.17) is 16.3 Å². The van der Waals surface area contributed by atoms with E-state index in [-0.39, 0.29) is 5.91 Å². The Bertz CT molecular complexity index is 390. The highest BCUT2D eigenvalue weighted by atomic mass is 35.5. The van der Waals surface area contributed by atoms with Gasteiger partial charge in [-0.1, -0.05) is 11.6 Å². The summed E-state index contributed by atoms with van der Waals surface area (Å²) in [7, 11) is 1.61. The molecule has 0 unspecified atom stereocenters. The van der Waals surface area contributed by atoms with Gasteiger partial charge in [0.25, 0.3) is 0 Å². The quantitative estimate of drug-likeness (QED) is 0.774.